The van der Waals surface area contributed by atoms with E-state index in [2.05, 4.69) is 10.1 Å². The van der Waals surface area contributed by atoms with E-state index in [-0.39, 0.29) is 18.5 Å². The molecule has 0 aromatic rings. The van der Waals surface area contributed by atoms with Crippen molar-refractivity contribution in [1.82, 2.24) is 15.1 Å². The molecular formula is C11H21N3O3. The van der Waals surface area contributed by atoms with Crippen LogP contribution in [0.2, 0.25) is 0 Å². The summed E-state index contributed by atoms with van der Waals surface area (Å²) in [5.41, 5.74) is 0. The minimum absolute atomic E-state index is 0.0522. The summed E-state index contributed by atoms with van der Waals surface area (Å²) < 4.78 is 4.56. The van der Waals surface area contributed by atoms with Crippen molar-refractivity contribution < 1.29 is 14.3 Å². The molecule has 1 saturated heterocycles. The largest absolute Gasteiger partial charge is 0.468 e. The first-order valence-corrected chi connectivity index (χ1v) is 5.81. The predicted octanol–water partition coefficient (Wildman–Crippen LogP) is -0.105. The topological polar surface area (TPSA) is 61.9 Å². The summed E-state index contributed by atoms with van der Waals surface area (Å²) in [5, 5.41) is 3.13. The van der Waals surface area contributed by atoms with Crippen molar-refractivity contribution in [2.24, 2.45) is 0 Å². The minimum atomic E-state index is -0.253. The lowest BCUT2D eigenvalue weighted by molar-refractivity contribution is -0.139. The number of methoxy groups -OCH3 is 1. The van der Waals surface area contributed by atoms with Crippen LogP contribution in [0.25, 0.3) is 0 Å². The molecule has 6 heteroatoms. The number of carbonyl (C=O) groups excluding carboxylic acids is 2. The van der Waals surface area contributed by atoms with E-state index in [1.54, 1.807) is 19.0 Å². The van der Waals surface area contributed by atoms with E-state index in [1.165, 1.54) is 7.11 Å². The van der Waals surface area contributed by atoms with Crippen LogP contribution in [0.15, 0.2) is 0 Å². The molecule has 0 aromatic heterocycles. The number of piperidine rings is 1. The molecule has 2 amide bonds. The van der Waals surface area contributed by atoms with Crippen LogP contribution in [0.3, 0.4) is 0 Å². The molecule has 0 atom stereocenters. The van der Waals surface area contributed by atoms with Gasteiger partial charge in [-0.15, -0.1) is 0 Å². The number of likely N-dealkylation sites (tertiary alicyclic amines) is 1. The SMILES string of the molecule is COC(=O)CNC1CCN(C(=O)N(C)C)CC1. The Morgan fingerprint density at radius 3 is 2.41 bits per heavy atom. The number of esters is 1. The standard InChI is InChI=1S/C11H21N3O3/c1-13(2)11(16)14-6-4-9(5-7-14)12-8-10(15)17-3/h9,12H,4-8H2,1-3H3. The molecular weight excluding hydrogens is 222 g/mol. The first kappa shape index (κ1) is 13.8. The maximum absolute atomic E-state index is 11.7. The Bertz CT molecular complexity index is 273. The van der Waals surface area contributed by atoms with Gasteiger partial charge in [0.2, 0.25) is 0 Å². The number of rotatable bonds is 3. The van der Waals surface area contributed by atoms with Gasteiger partial charge in [0.25, 0.3) is 0 Å². The summed E-state index contributed by atoms with van der Waals surface area (Å²) in [6.45, 7) is 1.70. The van der Waals surface area contributed by atoms with Gasteiger partial charge in [0.15, 0.2) is 0 Å². The number of hydrogen-bond acceptors (Lipinski definition) is 4. The number of hydrogen-bond donors (Lipinski definition) is 1. The highest BCUT2D eigenvalue weighted by atomic mass is 16.5. The molecule has 0 aliphatic carbocycles. The summed E-state index contributed by atoms with van der Waals surface area (Å²) >= 11 is 0. The molecule has 6 nitrogen and oxygen atoms in total. The lowest BCUT2D eigenvalue weighted by atomic mass is 10.1. The fourth-order valence-corrected chi connectivity index (χ4v) is 1.86. The Morgan fingerprint density at radius 1 is 1.35 bits per heavy atom. The molecule has 1 rings (SSSR count). The highest BCUT2D eigenvalue weighted by molar-refractivity contribution is 5.74. The molecule has 0 unspecified atom stereocenters. The van der Waals surface area contributed by atoms with Crippen LogP contribution >= 0.6 is 0 Å². The quantitative estimate of drug-likeness (QED) is 0.703. The zero-order valence-corrected chi connectivity index (χ0v) is 10.7. The van der Waals surface area contributed by atoms with Crippen molar-refractivity contribution in [3.05, 3.63) is 0 Å². The van der Waals surface area contributed by atoms with E-state index >= 15 is 0 Å². The minimum Gasteiger partial charge on any atom is -0.468 e. The summed E-state index contributed by atoms with van der Waals surface area (Å²) in [4.78, 5) is 26.0. The average Bonchev–Trinajstić information content (AvgIpc) is 2.35. The van der Waals surface area contributed by atoms with E-state index in [1.807, 2.05) is 4.90 Å². The number of ether oxygens (including phenoxy) is 1. The molecule has 1 heterocycles. The van der Waals surface area contributed by atoms with Gasteiger partial charge in [0, 0.05) is 33.2 Å². The van der Waals surface area contributed by atoms with Crippen molar-refractivity contribution in [1.29, 1.82) is 0 Å². The molecule has 0 spiro atoms. The Balaban J connectivity index is 2.26. The van der Waals surface area contributed by atoms with Crippen LogP contribution in [0, 0.1) is 0 Å². The normalized spacial score (nSPS) is 16.8. The van der Waals surface area contributed by atoms with E-state index in [0.717, 1.165) is 25.9 Å². The third-order valence-corrected chi connectivity index (χ3v) is 2.91. The van der Waals surface area contributed by atoms with Gasteiger partial charge >= 0.3 is 12.0 Å². The fourth-order valence-electron chi connectivity index (χ4n) is 1.86. The molecule has 17 heavy (non-hydrogen) atoms. The molecule has 1 aliphatic heterocycles. The second kappa shape index (κ2) is 6.44. The third-order valence-electron chi connectivity index (χ3n) is 2.91. The molecule has 1 N–H and O–H groups in total. The third kappa shape index (κ3) is 4.22. The monoisotopic (exact) mass is 243 g/mol. The number of nitrogens with zero attached hydrogens (tertiary/aromatic N) is 2. The lowest BCUT2D eigenvalue weighted by Crippen LogP contribution is -2.48. The van der Waals surface area contributed by atoms with Gasteiger partial charge in [-0.1, -0.05) is 0 Å². The van der Waals surface area contributed by atoms with Crippen molar-refractivity contribution in [2.75, 3.05) is 40.8 Å². The first-order valence-electron chi connectivity index (χ1n) is 5.81. The van der Waals surface area contributed by atoms with Gasteiger partial charge in [-0.05, 0) is 12.8 Å². The van der Waals surface area contributed by atoms with Gasteiger partial charge in [0.05, 0.1) is 13.7 Å². The molecule has 98 valence electrons. The Morgan fingerprint density at radius 2 is 1.94 bits per heavy atom. The average molecular weight is 243 g/mol. The summed E-state index contributed by atoms with van der Waals surface area (Å²) in [6.07, 6.45) is 1.74. The molecule has 0 aromatic carbocycles. The fraction of sp³-hybridized carbons (Fsp3) is 0.818. The highest BCUT2D eigenvalue weighted by Crippen LogP contribution is 2.11. The van der Waals surface area contributed by atoms with E-state index < -0.39 is 0 Å². The summed E-state index contributed by atoms with van der Waals surface area (Å²) in [7, 11) is 4.89. The van der Waals surface area contributed by atoms with Crippen molar-refractivity contribution in [3.63, 3.8) is 0 Å². The van der Waals surface area contributed by atoms with Crippen LogP contribution in [-0.4, -0.2) is 68.7 Å². The predicted molar refractivity (Wildman–Crippen MR) is 63.7 cm³/mol. The smallest absolute Gasteiger partial charge is 0.319 e. The number of urea groups is 1. The highest BCUT2D eigenvalue weighted by Gasteiger charge is 2.23. The Hall–Kier alpha value is -1.30. The van der Waals surface area contributed by atoms with Gasteiger partial charge < -0.3 is 19.9 Å². The maximum Gasteiger partial charge on any atom is 0.319 e. The summed E-state index contributed by atoms with van der Waals surface area (Å²) in [6, 6.07) is 0.344. The first-order chi connectivity index (χ1) is 8.04. The molecule has 0 saturated carbocycles. The molecule has 1 fully saturated rings. The molecule has 1 aliphatic rings. The molecule has 0 radical (unpaired) electrons. The van der Waals surface area contributed by atoms with Gasteiger partial charge in [-0.25, -0.2) is 4.79 Å². The zero-order chi connectivity index (χ0) is 12.8. The number of nitrogens with one attached hydrogen (secondary N) is 1. The molecule has 0 bridgehead atoms. The Kier molecular flexibility index (Phi) is 5.21. The van der Waals surface area contributed by atoms with Crippen LogP contribution in [0.1, 0.15) is 12.8 Å². The van der Waals surface area contributed by atoms with E-state index in [9.17, 15) is 9.59 Å². The van der Waals surface area contributed by atoms with Gasteiger partial charge in [-0.2, -0.15) is 0 Å². The zero-order valence-electron chi connectivity index (χ0n) is 10.7. The van der Waals surface area contributed by atoms with Gasteiger partial charge in [0.1, 0.15) is 0 Å². The van der Waals surface area contributed by atoms with Crippen LogP contribution < -0.4 is 5.32 Å². The van der Waals surface area contributed by atoms with Crippen LogP contribution in [0.4, 0.5) is 4.79 Å². The Labute approximate surface area is 102 Å². The summed E-state index contributed by atoms with van der Waals surface area (Å²) in [5.74, 6) is -0.253. The van der Waals surface area contributed by atoms with E-state index in [0.29, 0.717) is 6.04 Å². The van der Waals surface area contributed by atoms with E-state index in [4.69, 9.17) is 0 Å². The second-order valence-electron chi connectivity index (χ2n) is 4.40. The van der Waals surface area contributed by atoms with Crippen LogP contribution in [-0.2, 0) is 9.53 Å². The lowest BCUT2D eigenvalue weighted by Gasteiger charge is -2.33. The van der Waals surface area contributed by atoms with Crippen LogP contribution in [0.5, 0.6) is 0 Å². The van der Waals surface area contributed by atoms with Crippen molar-refractivity contribution >= 4 is 12.0 Å². The van der Waals surface area contributed by atoms with Gasteiger partial charge in [-0.3, -0.25) is 4.79 Å². The number of carbonyl (C=O) groups is 2. The number of amides is 2. The second-order valence-corrected chi connectivity index (χ2v) is 4.40. The maximum atomic E-state index is 11.7. The van der Waals surface area contributed by atoms with Crippen molar-refractivity contribution in [2.45, 2.75) is 18.9 Å². The van der Waals surface area contributed by atoms with Crippen molar-refractivity contribution in [3.8, 4) is 0 Å².